The van der Waals surface area contributed by atoms with Gasteiger partial charge in [0, 0.05) is 17.3 Å². The Bertz CT molecular complexity index is 1130. The number of fused-ring (bicyclic) bond motifs is 2. The van der Waals surface area contributed by atoms with Crippen molar-refractivity contribution in [2.75, 3.05) is 11.1 Å². The Hall–Kier alpha value is -3.20. The van der Waals surface area contributed by atoms with Crippen molar-refractivity contribution in [1.82, 2.24) is 24.9 Å². The number of benzene rings is 1. The highest BCUT2D eigenvalue weighted by Gasteiger charge is 2.21. The zero-order chi connectivity index (χ0) is 18.8. The fourth-order valence-corrected chi connectivity index (χ4v) is 3.75. The molecule has 136 valence electrons. The van der Waals surface area contributed by atoms with E-state index in [1.807, 2.05) is 37.3 Å². The SMILES string of the molecule is CC[C@H](Sc1nc(N)nc2nc[nH]c12)C(=O)Nc1ccc2cccnc2c1. The lowest BCUT2D eigenvalue weighted by molar-refractivity contribution is -0.115. The highest BCUT2D eigenvalue weighted by molar-refractivity contribution is 8.00. The Balaban J connectivity index is 1.56. The minimum absolute atomic E-state index is 0.109. The molecule has 3 aromatic heterocycles. The molecule has 3 heterocycles. The largest absolute Gasteiger partial charge is 0.368 e. The molecule has 27 heavy (non-hydrogen) atoms. The third kappa shape index (κ3) is 3.54. The molecule has 9 heteroatoms. The number of rotatable bonds is 5. The summed E-state index contributed by atoms with van der Waals surface area (Å²) >= 11 is 1.34. The number of imidazole rings is 1. The van der Waals surface area contributed by atoms with Crippen LogP contribution in [0.2, 0.25) is 0 Å². The van der Waals surface area contributed by atoms with Crippen LogP contribution in [0.1, 0.15) is 13.3 Å². The van der Waals surface area contributed by atoms with Crippen molar-refractivity contribution >= 4 is 51.4 Å². The van der Waals surface area contributed by atoms with Crippen molar-refractivity contribution in [3.63, 3.8) is 0 Å². The molecule has 4 rings (SSSR count). The first-order valence-corrected chi connectivity index (χ1v) is 9.31. The number of carbonyl (C=O) groups is 1. The molecule has 0 fully saturated rings. The minimum Gasteiger partial charge on any atom is -0.368 e. The van der Waals surface area contributed by atoms with Crippen LogP contribution in [-0.2, 0) is 4.79 Å². The normalized spacial score (nSPS) is 12.3. The van der Waals surface area contributed by atoms with Gasteiger partial charge in [-0.1, -0.05) is 30.8 Å². The summed E-state index contributed by atoms with van der Waals surface area (Å²) in [6, 6.07) is 9.53. The molecule has 0 saturated carbocycles. The van der Waals surface area contributed by atoms with E-state index < -0.39 is 0 Å². The number of carbonyl (C=O) groups excluding carboxylic acids is 1. The highest BCUT2D eigenvalue weighted by atomic mass is 32.2. The summed E-state index contributed by atoms with van der Waals surface area (Å²) in [5.74, 6) is 0.0237. The van der Waals surface area contributed by atoms with E-state index in [1.165, 1.54) is 18.1 Å². The summed E-state index contributed by atoms with van der Waals surface area (Å²) in [4.78, 5) is 32.6. The number of hydrogen-bond acceptors (Lipinski definition) is 7. The minimum atomic E-state index is -0.342. The van der Waals surface area contributed by atoms with Gasteiger partial charge < -0.3 is 16.0 Å². The average Bonchev–Trinajstić information content (AvgIpc) is 3.14. The van der Waals surface area contributed by atoms with E-state index >= 15 is 0 Å². The van der Waals surface area contributed by atoms with Crippen LogP contribution in [0.3, 0.4) is 0 Å². The Labute approximate surface area is 159 Å². The van der Waals surface area contributed by atoms with E-state index in [4.69, 9.17) is 5.73 Å². The number of amides is 1. The molecule has 0 bridgehead atoms. The maximum Gasteiger partial charge on any atom is 0.237 e. The highest BCUT2D eigenvalue weighted by Crippen LogP contribution is 2.30. The van der Waals surface area contributed by atoms with E-state index in [9.17, 15) is 4.79 Å². The fourth-order valence-electron chi connectivity index (χ4n) is 2.73. The van der Waals surface area contributed by atoms with Crippen LogP contribution >= 0.6 is 11.8 Å². The van der Waals surface area contributed by atoms with Gasteiger partial charge in [0.1, 0.15) is 10.5 Å². The van der Waals surface area contributed by atoms with Crippen LogP contribution in [0.5, 0.6) is 0 Å². The molecule has 0 spiro atoms. The predicted octanol–water partition coefficient (Wildman–Crippen LogP) is 2.99. The van der Waals surface area contributed by atoms with Gasteiger partial charge in [0.15, 0.2) is 5.65 Å². The third-order valence-electron chi connectivity index (χ3n) is 4.06. The molecule has 0 radical (unpaired) electrons. The third-order valence-corrected chi connectivity index (χ3v) is 5.41. The summed E-state index contributed by atoms with van der Waals surface area (Å²) < 4.78 is 0. The van der Waals surface area contributed by atoms with E-state index in [-0.39, 0.29) is 17.1 Å². The number of aromatic amines is 1. The van der Waals surface area contributed by atoms with Gasteiger partial charge in [-0.05, 0) is 24.6 Å². The number of anilines is 2. The van der Waals surface area contributed by atoms with Crippen molar-refractivity contribution in [2.24, 2.45) is 0 Å². The van der Waals surface area contributed by atoms with Crippen molar-refractivity contribution in [2.45, 2.75) is 23.6 Å². The number of H-pyrrole nitrogens is 1. The van der Waals surface area contributed by atoms with Gasteiger partial charge in [-0.2, -0.15) is 4.98 Å². The van der Waals surface area contributed by atoms with Gasteiger partial charge in [0.05, 0.1) is 17.1 Å². The number of nitrogens with two attached hydrogens (primary N) is 1. The van der Waals surface area contributed by atoms with E-state index in [0.717, 1.165) is 10.9 Å². The topological polar surface area (TPSA) is 122 Å². The Morgan fingerprint density at radius 2 is 2.19 bits per heavy atom. The molecule has 1 atom stereocenters. The van der Waals surface area contributed by atoms with Crippen LogP contribution < -0.4 is 11.1 Å². The predicted molar refractivity (Wildman–Crippen MR) is 106 cm³/mol. The van der Waals surface area contributed by atoms with Crippen molar-refractivity contribution in [3.05, 3.63) is 42.9 Å². The van der Waals surface area contributed by atoms with Gasteiger partial charge in [0.2, 0.25) is 11.9 Å². The maximum atomic E-state index is 12.8. The molecule has 1 amide bonds. The molecule has 0 unspecified atom stereocenters. The molecule has 0 saturated heterocycles. The zero-order valence-corrected chi connectivity index (χ0v) is 15.3. The molecule has 0 aliphatic carbocycles. The van der Waals surface area contributed by atoms with E-state index in [0.29, 0.717) is 28.3 Å². The molecule has 4 N–H and O–H groups in total. The number of nitrogens with one attached hydrogen (secondary N) is 2. The van der Waals surface area contributed by atoms with Gasteiger partial charge >= 0.3 is 0 Å². The van der Waals surface area contributed by atoms with Crippen molar-refractivity contribution in [1.29, 1.82) is 0 Å². The molecular formula is C18H17N7OS. The lowest BCUT2D eigenvalue weighted by Crippen LogP contribution is -2.24. The standard InChI is InChI=1S/C18H17N7OS/c1-2-13(27-17-14-15(22-9-21-14)24-18(19)25-17)16(26)23-11-6-5-10-4-3-7-20-12(10)8-11/h3-9,13H,2H2,1H3,(H,23,26)(H3,19,21,22,24,25)/t13-/m0/s1. The summed E-state index contributed by atoms with van der Waals surface area (Å²) in [6.45, 7) is 1.95. The van der Waals surface area contributed by atoms with Gasteiger partial charge in [0.25, 0.3) is 0 Å². The van der Waals surface area contributed by atoms with Gasteiger partial charge in [-0.3, -0.25) is 9.78 Å². The van der Waals surface area contributed by atoms with Crippen LogP contribution in [0.25, 0.3) is 22.1 Å². The molecule has 4 aromatic rings. The zero-order valence-electron chi connectivity index (χ0n) is 14.5. The molecule has 0 aliphatic rings. The molecular weight excluding hydrogens is 362 g/mol. The van der Waals surface area contributed by atoms with E-state index in [1.54, 1.807) is 6.20 Å². The summed E-state index contributed by atoms with van der Waals surface area (Å²) in [5.41, 5.74) is 8.46. The number of aromatic nitrogens is 5. The Morgan fingerprint density at radius 1 is 1.30 bits per heavy atom. The van der Waals surface area contributed by atoms with Crippen LogP contribution in [0, 0.1) is 0 Å². The lowest BCUT2D eigenvalue weighted by Gasteiger charge is -2.15. The first-order valence-electron chi connectivity index (χ1n) is 8.43. The number of thioether (sulfide) groups is 1. The van der Waals surface area contributed by atoms with Crippen LogP contribution in [-0.4, -0.2) is 36.1 Å². The maximum absolute atomic E-state index is 12.8. The monoisotopic (exact) mass is 379 g/mol. The Kier molecular flexibility index (Phi) is 4.59. The van der Waals surface area contributed by atoms with Gasteiger partial charge in [-0.25, -0.2) is 9.97 Å². The number of pyridine rings is 1. The summed E-state index contributed by atoms with van der Waals surface area (Å²) in [5, 5.41) is 4.25. The smallest absolute Gasteiger partial charge is 0.237 e. The van der Waals surface area contributed by atoms with Crippen molar-refractivity contribution < 1.29 is 4.79 Å². The molecule has 0 aliphatic heterocycles. The van der Waals surface area contributed by atoms with E-state index in [2.05, 4.69) is 30.2 Å². The van der Waals surface area contributed by atoms with Gasteiger partial charge in [-0.15, -0.1) is 0 Å². The lowest BCUT2D eigenvalue weighted by atomic mass is 10.2. The average molecular weight is 379 g/mol. The fraction of sp³-hybridized carbons (Fsp3) is 0.167. The molecule has 8 nitrogen and oxygen atoms in total. The second-order valence-electron chi connectivity index (χ2n) is 5.90. The number of nitrogens with zero attached hydrogens (tertiary/aromatic N) is 4. The Morgan fingerprint density at radius 3 is 3.04 bits per heavy atom. The van der Waals surface area contributed by atoms with Crippen LogP contribution in [0.15, 0.2) is 47.9 Å². The quantitative estimate of drug-likeness (QED) is 0.360. The molecule has 1 aromatic carbocycles. The first kappa shape index (κ1) is 17.2. The number of hydrogen-bond donors (Lipinski definition) is 3. The second-order valence-corrected chi connectivity index (χ2v) is 7.09. The number of nitrogen functional groups attached to an aromatic ring is 1. The summed E-state index contributed by atoms with van der Waals surface area (Å²) in [7, 11) is 0. The summed E-state index contributed by atoms with van der Waals surface area (Å²) in [6.07, 6.45) is 3.89. The van der Waals surface area contributed by atoms with Crippen molar-refractivity contribution in [3.8, 4) is 0 Å². The first-order chi connectivity index (χ1) is 13.1. The second kappa shape index (κ2) is 7.20. The van der Waals surface area contributed by atoms with Crippen LogP contribution in [0.4, 0.5) is 11.6 Å².